The summed E-state index contributed by atoms with van der Waals surface area (Å²) in [5.74, 6) is 0. The third-order valence-corrected chi connectivity index (χ3v) is 5.39. The van der Waals surface area contributed by atoms with Crippen molar-refractivity contribution in [3.8, 4) is 0 Å². The fourth-order valence-electron chi connectivity index (χ4n) is 3.62. The second-order valence-electron chi connectivity index (χ2n) is 6.97. The predicted octanol–water partition coefficient (Wildman–Crippen LogP) is 3.07. The van der Waals surface area contributed by atoms with Gasteiger partial charge in [0.2, 0.25) is 0 Å². The summed E-state index contributed by atoms with van der Waals surface area (Å²) in [4.78, 5) is 2.38. The molecule has 1 aliphatic rings. The molecule has 1 N–H and O–H groups in total. The van der Waals surface area contributed by atoms with Gasteiger partial charge in [0.15, 0.2) is 0 Å². The van der Waals surface area contributed by atoms with Crippen LogP contribution in [-0.4, -0.2) is 67.2 Å². The van der Waals surface area contributed by atoms with Crippen molar-refractivity contribution in [1.82, 2.24) is 4.90 Å². The summed E-state index contributed by atoms with van der Waals surface area (Å²) in [5, 5.41) is 22.4. The normalized spacial score (nSPS) is 18.3. The summed E-state index contributed by atoms with van der Waals surface area (Å²) in [6, 6.07) is 18.5. The summed E-state index contributed by atoms with van der Waals surface area (Å²) in [7, 11) is 0. The molecule has 2 aromatic rings. The number of aliphatic hydroxyl groups is 1. The van der Waals surface area contributed by atoms with Gasteiger partial charge in [-0.25, -0.2) is 0 Å². The average molecular weight is 391 g/mol. The van der Waals surface area contributed by atoms with Crippen LogP contribution in [0.15, 0.2) is 54.6 Å². The quantitative estimate of drug-likeness (QED) is 0.427. The lowest BCUT2D eigenvalue weighted by atomic mass is 9.96. The summed E-state index contributed by atoms with van der Waals surface area (Å²) >= 11 is 6.07. The number of quaternary nitrogens is 1. The SMILES string of the molecule is [O-][N+]1(CCOCCO)CCN(C(c2ccccc2)c2ccc(Cl)cc2)CC1. The molecule has 0 saturated carbocycles. The van der Waals surface area contributed by atoms with E-state index in [1.807, 2.05) is 18.2 Å². The van der Waals surface area contributed by atoms with E-state index in [4.69, 9.17) is 21.4 Å². The molecule has 146 valence electrons. The molecular weight excluding hydrogens is 364 g/mol. The van der Waals surface area contributed by atoms with Gasteiger partial charge in [0.05, 0.1) is 39.0 Å². The van der Waals surface area contributed by atoms with Gasteiger partial charge >= 0.3 is 0 Å². The summed E-state index contributed by atoms with van der Waals surface area (Å²) in [6.45, 7) is 3.65. The Morgan fingerprint density at radius 3 is 2.26 bits per heavy atom. The highest BCUT2D eigenvalue weighted by atomic mass is 35.5. The highest BCUT2D eigenvalue weighted by Crippen LogP contribution is 2.31. The summed E-state index contributed by atoms with van der Waals surface area (Å²) < 4.78 is 5.05. The van der Waals surface area contributed by atoms with Gasteiger partial charge in [-0.15, -0.1) is 0 Å². The van der Waals surface area contributed by atoms with E-state index in [1.165, 1.54) is 11.1 Å². The smallest absolute Gasteiger partial charge is 0.102 e. The molecule has 5 nitrogen and oxygen atoms in total. The monoisotopic (exact) mass is 390 g/mol. The molecule has 1 fully saturated rings. The Hall–Kier alpha value is -1.47. The second kappa shape index (κ2) is 9.64. The number of hydrogen-bond donors (Lipinski definition) is 1. The molecule has 1 aliphatic heterocycles. The Morgan fingerprint density at radius 2 is 1.63 bits per heavy atom. The minimum absolute atomic E-state index is 0.00746. The highest BCUT2D eigenvalue weighted by molar-refractivity contribution is 6.30. The van der Waals surface area contributed by atoms with Crippen LogP contribution in [0.1, 0.15) is 17.2 Å². The zero-order valence-corrected chi connectivity index (χ0v) is 16.2. The maximum Gasteiger partial charge on any atom is 0.102 e. The van der Waals surface area contributed by atoms with Crippen LogP contribution in [0.2, 0.25) is 5.02 Å². The molecule has 1 saturated heterocycles. The molecule has 27 heavy (non-hydrogen) atoms. The number of ether oxygens (including phenoxy) is 1. The average Bonchev–Trinajstić information content (AvgIpc) is 2.70. The van der Waals surface area contributed by atoms with Crippen molar-refractivity contribution in [1.29, 1.82) is 0 Å². The molecule has 0 aromatic heterocycles. The number of aliphatic hydroxyl groups excluding tert-OH is 1. The van der Waals surface area contributed by atoms with E-state index < -0.39 is 0 Å². The first-order valence-corrected chi connectivity index (χ1v) is 9.79. The minimum atomic E-state index is -0.232. The third-order valence-electron chi connectivity index (χ3n) is 5.13. The van der Waals surface area contributed by atoms with E-state index >= 15 is 0 Å². The Balaban J connectivity index is 1.70. The van der Waals surface area contributed by atoms with Crippen LogP contribution in [0.4, 0.5) is 0 Å². The zero-order valence-electron chi connectivity index (χ0n) is 15.5. The van der Waals surface area contributed by atoms with Gasteiger partial charge in [-0.1, -0.05) is 54.1 Å². The first-order chi connectivity index (χ1) is 13.1. The van der Waals surface area contributed by atoms with Crippen LogP contribution in [0.3, 0.4) is 0 Å². The number of rotatable bonds is 8. The molecule has 0 aliphatic carbocycles. The molecule has 0 amide bonds. The van der Waals surface area contributed by atoms with Crippen molar-refractivity contribution < 1.29 is 14.5 Å². The molecule has 0 spiro atoms. The molecule has 2 aromatic carbocycles. The van der Waals surface area contributed by atoms with E-state index in [0.717, 1.165) is 18.1 Å². The van der Waals surface area contributed by atoms with Crippen molar-refractivity contribution in [3.05, 3.63) is 76.0 Å². The molecular formula is C21H27ClN2O3. The van der Waals surface area contributed by atoms with Crippen LogP contribution in [0, 0.1) is 5.21 Å². The van der Waals surface area contributed by atoms with Crippen LogP contribution < -0.4 is 0 Å². The van der Waals surface area contributed by atoms with Gasteiger partial charge in [-0.05, 0) is 23.3 Å². The second-order valence-corrected chi connectivity index (χ2v) is 7.40. The largest absolute Gasteiger partial charge is 0.633 e. The Bertz CT molecular complexity index is 688. The number of hydrogen-bond acceptors (Lipinski definition) is 4. The zero-order chi connectivity index (χ0) is 19.1. The third kappa shape index (κ3) is 5.51. The Labute approximate surface area is 165 Å². The number of hydroxylamine groups is 3. The lowest BCUT2D eigenvalue weighted by Crippen LogP contribution is -2.57. The predicted molar refractivity (Wildman–Crippen MR) is 107 cm³/mol. The standard InChI is InChI=1S/C21H27ClN2O3/c22-20-8-6-19(7-9-20)21(18-4-2-1-3-5-18)23-10-12-24(26,13-11-23)14-16-27-17-15-25/h1-9,21,25H,10-17H2. The van der Waals surface area contributed by atoms with Crippen molar-refractivity contribution in [2.45, 2.75) is 6.04 Å². The lowest BCUT2D eigenvalue weighted by Gasteiger charge is -2.49. The van der Waals surface area contributed by atoms with E-state index in [0.29, 0.717) is 32.8 Å². The van der Waals surface area contributed by atoms with Crippen molar-refractivity contribution >= 4 is 11.6 Å². The maximum absolute atomic E-state index is 12.9. The molecule has 1 unspecified atom stereocenters. The minimum Gasteiger partial charge on any atom is -0.633 e. The number of halogens is 1. The van der Waals surface area contributed by atoms with Gasteiger partial charge in [0, 0.05) is 18.1 Å². The van der Waals surface area contributed by atoms with Gasteiger partial charge in [0.25, 0.3) is 0 Å². The molecule has 1 atom stereocenters. The van der Waals surface area contributed by atoms with Gasteiger partial charge in [-0.3, -0.25) is 4.90 Å². The molecule has 6 heteroatoms. The Morgan fingerprint density at radius 1 is 1.00 bits per heavy atom. The van der Waals surface area contributed by atoms with Crippen LogP contribution in [0.5, 0.6) is 0 Å². The molecule has 3 rings (SSSR count). The molecule has 0 bridgehead atoms. The Kier molecular flexibility index (Phi) is 7.24. The van der Waals surface area contributed by atoms with E-state index in [1.54, 1.807) is 0 Å². The fourth-order valence-corrected chi connectivity index (χ4v) is 3.74. The molecule has 1 heterocycles. The highest BCUT2D eigenvalue weighted by Gasteiger charge is 2.31. The fraction of sp³-hybridized carbons (Fsp3) is 0.429. The first kappa shape index (κ1) is 20.3. The van der Waals surface area contributed by atoms with Crippen LogP contribution in [0.25, 0.3) is 0 Å². The van der Waals surface area contributed by atoms with Crippen molar-refractivity contribution in [3.63, 3.8) is 0 Å². The topological polar surface area (TPSA) is 55.8 Å². The lowest BCUT2D eigenvalue weighted by molar-refractivity contribution is -0.885. The van der Waals surface area contributed by atoms with Crippen molar-refractivity contribution in [2.75, 3.05) is 52.5 Å². The van der Waals surface area contributed by atoms with Crippen molar-refractivity contribution in [2.24, 2.45) is 0 Å². The van der Waals surface area contributed by atoms with Crippen LogP contribution in [-0.2, 0) is 4.74 Å². The molecule has 0 radical (unpaired) electrons. The number of nitrogens with zero attached hydrogens (tertiary/aromatic N) is 2. The summed E-state index contributed by atoms with van der Waals surface area (Å²) in [5.41, 5.74) is 2.40. The number of piperazine rings is 1. The van der Waals surface area contributed by atoms with Crippen LogP contribution >= 0.6 is 11.6 Å². The van der Waals surface area contributed by atoms with Gasteiger partial charge in [-0.2, -0.15) is 0 Å². The van der Waals surface area contributed by atoms with E-state index in [9.17, 15) is 5.21 Å². The van der Waals surface area contributed by atoms with E-state index in [-0.39, 0.29) is 17.3 Å². The summed E-state index contributed by atoms with van der Waals surface area (Å²) in [6.07, 6.45) is 0. The van der Waals surface area contributed by atoms with E-state index in [2.05, 4.69) is 41.3 Å². The maximum atomic E-state index is 12.9. The van der Waals surface area contributed by atoms with Gasteiger partial charge < -0.3 is 19.7 Å². The number of benzene rings is 2. The van der Waals surface area contributed by atoms with Gasteiger partial charge in [0.1, 0.15) is 6.54 Å². The first-order valence-electron chi connectivity index (χ1n) is 9.41.